The summed E-state index contributed by atoms with van der Waals surface area (Å²) in [6.45, 7) is 1.65. The third kappa shape index (κ3) is 4.25. The molecule has 0 aromatic heterocycles. The van der Waals surface area contributed by atoms with Gasteiger partial charge in [0.1, 0.15) is 0 Å². The molecule has 0 unspecified atom stereocenters. The molecule has 0 N–H and O–H groups in total. The number of alkyl halides is 2. The van der Waals surface area contributed by atoms with Gasteiger partial charge in [0, 0.05) is 20.2 Å². The van der Waals surface area contributed by atoms with E-state index >= 15 is 0 Å². The van der Waals surface area contributed by atoms with Gasteiger partial charge in [-0.25, -0.2) is 8.78 Å². The Kier molecular flexibility index (Phi) is 5.28. The molecule has 4 heteroatoms. The van der Waals surface area contributed by atoms with Crippen molar-refractivity contribution in [2.75, 3.05) is 33.4 Å². The minimum atomic E-state index is -2.28. The van der Waals surface area contributed by atoms with E-state index in [1.807, 2.05) is 17.0 Å². The van der Waals surface area contributed by atoms with Crippen molar-refractivity contribution < 1.29 is 13.5 Å². The number of ether oxygens (including phenoxy) is 1. The van der Waals surface area contributed by atoms with Crippen LogP contribution in [0.5, 0.6) is 0 Å². The normalized spacial score (nSPS) is 15.4. The molecule has 0 aliphatic heterocycles. The summed E-state index contributed by atoms with van der Waals surface area (Å²) in [6, 6.07) is 8.37. The summed E-state index contributed by atoms with van der Waals surface area (Å²) >= 11 is 0. The third-order valence-corrected chi connectivity index (χ3v) is 3.66. The number of methoxy groups -OCH3 is 1. The van der Waals surface area contributed by atoms with E-state index in [1.54, 1.807) is 7.11 Å². The summed E-state index contributed by atoms with van der Waals surface area (Å²) in [5.74, 6) is 0.452. The predicted octanol–water partition coefficient (Wildman–Crippen LogP) is 2.61. The molecule has 1 aliphatic carbocycles. The highest BCUT2D eigenvalue weighted by Gasteiger charge is 2.24. The molecule has 1 aromatic rings. The summed E-state index contributed by atoms with van der Waals surface area (Å²) in [7, 11) is 1.60. The fourth-order valence-electron chi connectivity index (χ4n) is 2.82. The second-order valence-corrected chi connectivity index (χ2v) is 5.19. The number of nitrogens with zero attached hydrogens (tertiary/aromatic N) is 1. The van der Waals surface area contributed by atoms with Crippen molar-refractivity contribution in [1.29, 1.82) is 0 Å². The lowest BCUT2D eigenvalue weighted by Gasteiger charge is -2.24. The lowest BCUT2D eigenvalue weighted by molar-refractivity contribution is 0.0633. The molecule has 0 amide bonds. The molecule has 0 radical (unpaired) electrons. The second-order valence-electron chi connectivity index (χ2n) is 5.19. The van der Waals surface area contributed by atoms with Crippen LogP contribution in [0.1, 0.15) is 11.1 Å². The summed E-state index contributed by atoms with van der Waals surface area (Å²) in [5.41, 5.74) is 2.74. The van der Waals surface area contributed by atoms with Gasteiger partial charge in [0.2, 0.25) is 0 Å². The van der Waals surface area contributed by atoms with Crippen LogP contribution in [0, 0.1) is 5.92 Å². The highest BCUT2D eigenvalue weighted by atomic mass is 19.3. The topological polar surface area (TPSA) is 12.5 Å². The highest BCUT2D eigenvalue weighted by molar-refractivity contribution is 5.32. The van der Waals surface area contributed by atoms with Crippen LogP contribution >= 0.6 is 0 Å². The molecule has 106 valence electrons. The Balaban J connectivity index is 1.88. The summed E-state index contributed by atoms with van der Waals surface area (Å²) in [6.07, 6.45) is -0.271. The number of halogens is 2. The monoisotopic (exact) mass is 269 g/mol. The van der Waals surface area contributed by atoms with Gasteiger partial charge in [-0.15, -0.1) is 0 Å². The Morgan fingerprint density at radius 1 is 1.26 bits per heavy atom. The molecule has 0 saturated carbocycles. The quantitative estimate of drug-likeness (QED) is 0.754. The Labute approximate surface area is 113 Å². The minimum absolute atomic E-state index is 0.157. The zero-order valence-electron chi connectivity index (χ0n) is 11.3. The first-order valence-corrected chi connectivity index (χ1v) is 6.75. The van der Waals surface area contributed by atoms with Crippen LogP contribution in [0.15, 0.2) is 24.3 Å². The van der Waals surface area contributed by atoms with E-state index in [-0.39, 0.29) is 6.54 Å². The van der Waals surface area contributed by atoms with E-state index in [0.717, 1.165) is 19.4 Å². The maximum absolute atomic E-state index is 12.6. The third-order valence-electron chi connectivity index (χ3n) is 3.66. The number of rotatable bonds is 7. The van der Waals surface area contributed by atoms with Crippen LogP contribution in [0.4, 0.5) is 8.78 Å². The van der Waals surface area contributed by atoms with Crippen LogP contribution < -0.4 is 0 Å². The maximum atomic E-state index is 12.6. The zero-order valence-corrected chi connectivity index (χ0v) is 11.3. The van der Waals surface area contributed by atoms with Crippen molar-refractivity contribution in [3.8, 4) is 0 Å². The van der Waals surface area contributed by atoms with Gasteiger partial charge in [0.25, 0.3) is 6.43 Å². The Bertz CT molecular complexity index is 372. The largest absolute Gasteiger partial charge is 0.383 e. The molecule has 19 heavy (non-hydrogen) atoms. The van der Waals surface area contributed by atoms with E-state index in [1.165, 1.54) is 11.1 Å². The maximum Gasteiger partial charge on any atom is 0.251 e. The van der Waals surface area contributed by atoms with Gasteiger partial charge in [-0.1, -0.05) is 24.3 Å². The van der Waals surface area contributed by atoms with Gasteiger partial charge < -0.3 is 4.74 Å². The van der Waals surface area contributed by atoms with Crippen molar-refractivity contribution in [2.45, 2.75) is 19.3 Å². The lowest BCUT2D eigenvalue weighted by Crippen LogP contribution is -2.36. The summed E-state index contributed by atoms with van der Waals surface area (Å²) in [5, 5.41) is 0. The van der Waals surface area contributed by atoms with Crippen molar-refractivity contribution in [2.24, 2.45) is 5.92 Å². The van der Waals surface area contributed by atoms with Gasteiger partial charge in [0.05, 0.1) is 13.2 Å². The molecule has 0 spiro atoms. The Morgan fingerprint density at radius 3 is 2.42 bits per heavy atom. The predicted molar refractivity (Wildman–Crippen MR) is 71.7 cm³/mol. The molecule has 0 fully saturated rings. The van der Waals surface area contributed by atoms with Crippen LogP contribution in [-0.4, -0.2) is 44.7 Å². The average molecular weight is 269 g/mol. The van der Waals surface area contributed by atoms with Crippen LogP contribution in [0.3, 0.4) is 0 Å². The number of benzene rings is 1. The lowest BCUT2D eigenvalue weighted by atomic mass is 10.1. The fourth-order valence-corrected chi connectivity index (χ4v) is 2.82. The first-order valence-electron chi connectivity index (χ1n) is 6.75. The molecule has 0 bridgehead atoms. The molecular formula is C15H21F2NO. The fraction of sp³-hybridized carbons (Fsp3) is 0.600. The summed E-state index contributed by atoms with van der Waals surface area (Å²) in [4.78, 5) is 1.82. The van der Waals surface area contributed by atoms with E-state index < -0.39 is 6.43 Å². The highest BCUT2D eigenvalue weighted by Crippen LogP contribution is 2.27. The van der Waals surface area contributed by atoms with E-state index in [2.05, 4.69) is 12.1 Å². The molecule has 2 rings (SSSR count). The first-order chi connectivity index (χ1) is 9.19. The second kappa shape index (κ2) is 6.96. The minimum Gasteiger partial charge on any atom is -0.383 e. The van der Waals surface area contributed by atoms with E-state index in [9.17, 15) is 8.78 Å². The van der Waals surface area contributed by atoms with Crippen molar-refractivity contribution in [3.05, 3.63) is 35.4 Å². The summed E-state index contributed by atoms with van der Waals surface area (Å²) < 4.78 is 30.1. The van der Waals surface area contributed by atoms with E-state index in [0.29, 0.717) is 19.1 Å². The van der Waals surface area contributed by atoms with E-state index in [4.69, 9.17) is 4.74 Å². The van der Waals surface area contributed by atoms with Crippen molar-refractivity contribution in [1.82, 2.24) is 4.90 Å². The molecular weight excluding hydrogens is 248 g/mol. The smallest absolute Gasteiger partial charge is 0.251 e. The average Bonchev–Trinajstić information content (AvgIpc) is 2.77. The van der Waals surface area contributed by atoms with Crippen molar-refractivity contribution in [3.63, 3.8) is 0 Å². The zero-order chi connectivity index (χ0) is 13.7. The number of hydrogen-bond acceptors (Lipinski definition) is 2. The number of hydrogen-bond donors (Lipinski definition) is 0. The first kappa shape index (κ1) is 14.4. The standard InChI is InChI=1S/C15H21F2NO/c1-19-7-6-18(11-15(16)17)10-12-8-13-4-2-3-5-14(13)9-12/h2-5,12,15H,6-11H2,1H3. The molecule has 0 heterocycles. The van der Waals surface area contributed by atoms with Gasteiger partial charge in [-0.2, -0.15) is 0 Å². The van der Waals surface area contributed by atoms with Gasteiger partial charge in [0.15, 0.2) is 0 Å². The number of fused-ring (bicyclic) bond motifs is 1. The Morgan fingerprint density at radius 2 is 1.89 bits per heavy atom. The van der Waals surface area contributed by atoms with Gasteiger partial charge in [-0.05, 0) is 29.9 Å². The van der Waals surface area contributed by atoms with Gasteiger partial charge >= 0.3 is 0 Å². The van der Waals surface area contributed by atoms with Crippen LogP contribution in [0.2, 0.25) is 0 Å². The molecule has 1 aromatic carbocycles. The molecule has 0 saturated heterocycles. The Hall–Kier alpha value is -1.00. The SMILES string of the molecule is COCCN(CC(F)F)CC1Cc2ccccc2C1. The van der Waals surface area contributed by atoms with Gasteiger partial charge in [-0.3, -0.25) is 4.90 Å². The van der Waals surface area contributed by atoms with Crippen LogP contribution in [-0.2, 0) is 17.6 Å². The molecule has 1 aliphatic rings. The molecule has 0 atom stereocenters. The molecule has 2 nitrogen and oxygen atoms in total. The van der Waals surface area contributed by atoms with Crippen LogP contribution in [0.25, 0.3) is 0 Å². The van der Waals surface area contributed by atoms with Crippen molar-refractivity contribution >= 4 is 0 Å².